The van der Waals surface area contributed by atoms with Crippen molar-refractivity contribution in [2.24, 2.45) is 5.73 Å². The summed E-state index contributed by atoms with van der Waals surface area (Å²) in [6.07, 6.45) is 1.25. The molecule has 16 heavy (non-hydrogen) atoms. The highest BCUT2D eigenvalue weighted by molar-refractivity contribution is 14.1. The predicted molar refractivity (Wildman–Crippen MR) is 63.7 cm³/mol. The van der Waals surface area contributed by atoms with Crippen molar-refractivity contribution in [2.45, 2.75) is 13.5 Å². The van der Waals surface area contributed by atoms with Crippen molar-refractivity contribution >= 4 is 34.5 Å². The third-order valence-electron chi connectivity index (χ3n) is 1.73. The van der Waals surface area contributed by atoms with Crippen molar-refractivity contribution in [3.8, 4) is 0 Å². The van der Waals surface area contributed by atoms with E-state index in [9.17, 15) is 14.4 Å². The third kappa shape index (κ3) is 3.02. The van der Waals surface area contributed by atoms with Gasteiger partial charge in [-0.15, -0.1) is 0 Å². The molecule has 0 aliphatic rings. The van der Waals surface area contributed by atoms with E-state index in [-0.39, 0.29) is 12.1 Å². The molecule has 1 heterocycles. The van der Waals surface area contributed by atoms with Crippen LogP contribution < -0.4 is 16.6 Å². The standard InChI is InChI=1S/C8H9IN4O3/c1-4-6(9)7(15)13(3-11-4)2-5(14)12-8(10)16/h3H,2H2,1H3,(H3,10,12,14,16). The van der Waals surface area contributed by atoms with Gasteiger partial charge < -0.3 is 5.73 Å². The van der Waals surface area contributed by atoms with Crippen LogP contribution in [-0.4, -0.2) is 21.5 Å². The van der Waals surface area contributed by atoms with Gasteiger partial charge in [-0.3, -0.25) is 19.5 Å². The molecule has 86 valence electrons. The summed E-state index contributed by atoms with van der Waals surface area (Å²) in [4.78, 5) is 37.1. The molecule has 1 aromatic rings. The first-order valence-corrected chi connectivity index (χ1v) is 5.30. The molecule has 0 bridgehead atoms. The Morgan fingerprint density at radius 2 is 2.25 bits per heavy atom. The third-order valence-corrected chi connectivity index (χ3v) is 2.98. The number of hydrogen-bond donors (Lipinski definition) is 2. The van der Waals surface area contributed by atoms with Gasteiger partial charge >= 0.3 is 6.03 Å². The predicted octanol–water partition coefficient (Wildman–Crippen LogP) is -0.649. The summed E-state index contributed by atoms with van der Waals surface area (Å²) in [6.45, 7) is 1.40. The van der Waals surface area contributed by atoms with Crippen LogP contribution in [0.25, 0.3) is 0 Å². The van der Waals surface area contributed by atoms with Crippen molar-refractivity contribution in [1.29, 1.82) is 0 Å². The Morgan fingerprint density at radius 1 is 1.62 bits per heavy atom. The van der Waals surface area contributed by atoms with Crippen LogP contribution in [0.3, 0.4) is 0 Å². The van der Waals surface area contributed by atoms with Gasteiger partial charge in [0.15, 0.2) is 0 Å². The molecule has 3 N–H and O–H groups in total. The number of primary amides is 1. The van der Waals surface area contributed by atoms with E-state index >= 15 is 0 Å². The number of carbonyl (C=O) groups excluding carboxylic acids is 2. The molecule has 0 radical (unpaired) electrons. The van der Waals surface area contributed by atoms with Crippen molar-refractivity contribution < 1.29 is 9.59 Å². The number of rotatable bonds is 2. The second-order valence-corrected chi connectivity index (χ2v) is 4.07. The summed E-state index contributed by atoms with van der Waals surface area (Å²) in [5.41, 5.74) is 5.03. The summed E-state index contributed by atoms with van der Waals surface area (Å²) >= 11 is 1.85. The Bertz CT molecular complexity index is 497. The van der Waals surface area contributed by atoms with Gasteiger partial charge in [0, 0.05) is 0 Å². The van der Waals surface area contributed by atoms with Gasteiger partial charge in [-0.05, 0) is 29.5 Å². The first-order valence-electron chi connectivity index (χ1n) is 4.22. The zero-order chi connectivity index (χ0) is 12.3. The van der Waals surface area contributed by atoms with Crippen LogP contribution in [0.5, 0.6) is 0 Å². The number of carbonyl (C=O) groups is 2. The van der Waals surface area contributed by atoms with Crippen molar-refractivity contribution in [2.75, 3.05) is 0 Å². The molecule has 0 fully saturated rings. The Morgan fingerprint density at radius 3 is 2.81 bits per heavy atom. The van der Waals surface area contributed by atoms with Crippen LogP contribution in [0.15, 0.2) is 11.1 Å². The average Bonchev–Trinajstić information content (AvgIpc) is 2.18. The van der Waals surface area contributed by atoms with Crippen LogP contribution in [0.4, 0.5) is 4.79 Å². The zero-order valence-electron chi connectivity index (χ0n) is 8.36. The lowest BCUT2D eigenvalue weighted by atomic mass is 10.4. The highest BCUT2D eigenvalue weighted by Crippen LogP contribution is 2.00. The molecule has 1 rings (SSSR count). The van der Waals surface area contributed by atoms with E-state index in [1.807, 2.05) is 27.9 Å². The highest BCUT2D eigenvalue weighted by atomic mass is 127. The van der Waals surface area contributed by atoms with E-state index in [1.54, 1.807) is 6.92 Å². The number of halogens is 1. The van der Waals surface area contributed by atoms with E-state index in [0.717, 1.165) is 4.57 Å². The lowest BCUT2D eigenvalue weighted by Crippen LogP contribution is -2.39. The molecule has 0 aliphatic heterocycles. The van der Waals surface area contributed by atoms with E-state index in [2.05, 4.69) is 4.98 Å². The Hall–Kier alpha value is -1.45. The summed E-state index contributed by atoms with van der Waals surface area (Å²) in [5.74, 6) is -0.656. The second kappa shape index (κ2) is 5.05. The van der Waals surface area contributed by atoms with Gasteiger partial charge in [0.25, 0.3) is 5.56 Å². The highest BCUT2D eigenvalue weighted by Gasteiger charge is 2.09. The maximum absolute atomic E-state index is 11.6. The van der Waals surface area contributed by atoms with E-state index in [0.29, 0.717) is 9.26 Å². The lowest BCUT2D eigenvalue weighted by molar-refractivity contribution is -0.120. The fourth-order valence-corrected chi connectivity index (χ4v) is 1.44. The van der Waals surface area contributed by atoms with Crippen molar-refractivity contribution in [3.05, 3.63) is 25.9 Å². The number of aryl methyl sites for hydroxylation is 1. The van der Waals surface area contributed by atoms with Gasteiger partial charge in [0.05, 0.1) is 15.6 Å². The second-order valence-electron chi connectivity index (χ2n) is 2.99. The minimum atomic E-state index is -0.951. The number of hydrogen-bond acceptors (Lipinski definition) is 4. The molecular weight excluding hydrogens is 327 g/mol. The van der Waals surface area contributed by atoms with Crippen LogP contribution in [-0.2, 0) is 11.3 Å². The topological polar surface area (TPSA) is 107 Å². The monoisotopic (exact) mass is 336 g/mol. The molecule has 0 aliphatic carbocycles. The SMILES string of the molecule is Cc1ncn(CC(=O)NC(N)=O)c(=O)c1I. The minimum absolute atomic E-state index is 0.287. The fourth-order valence-electron chi connectivity index (χ4n) is 0.991. The molecular formula is C8H9IN4O3. The van der Waals surface area contributed by atoms with Gasteiger partial charge in [-0.1, -0.05) is 0 Å². The maximum atomic E-state index is 11.6. The average molecular weight is 336 g/mol. The Kier molecular flexibility index (Phi) is 3.99. The molecule has 3 amide bonds. The molecule has 0 saturated heterocycles. The summed E-state index contributed by atoms with van der Waals surface area (Å²) in [7, 11) is 0. The number of nitrogens with one attached hydrogen (secondary N) is 1. The molecule has 0 spiro atoms. The number of amides is 3. The van der Waals surface area contributed by atoms with Crippen LogP contribution >= 0.6 is 22.6 Å². The first-order chi connectivity index (χ1) is 7.41. The molecule has 0 atom stereocenters. The smallest absolute Gasteiger partial charge is 0.318 e. The number of nitrogens with zero attached hydrogens (tertiary/aromatic N) is 2. The number of aromatic nitrogens is 2. The summed E-state index contributed by atoms with van der Waals surface area (Å²) in [5, 5.41) is 1.86. The molecule has 0 unspecified atom stereocenters. The summed E-state index contributed by atoms with van der Waals surface area (Å²) in [6, 6.07) is -0.951. The molecule has 8 heteroatoms. The maximum Gasteiger partial charge on any atom is 0.318 e. The van der Waals surface area contributed by atoms with Gasteiger partial charge in [0.2, 0.25) is 5.91 Å². The van der Waals surface area contributed by atoms with Crippen LogP contribution in [0.1, 0.15) is 5.69 Å². The number of imide groups is 1. The van der Waals surface area contributed by atoms with E-state index in [4.69, 9.17) is 5.73 Å². The molecule has 1 aromatic heterocycles. The number of urea groups is 1. The quantitative estimate of drug-likeness (QED) is 0.700. The summed E-state index contributed by atoms with van der Waals surface area (Å²) < 4.78 is 1.54. The van der Waals surface area contributed by atoms with Crippen molar-refractivity contribution in [3.63, 3.8) is 0 Å². The fraction of sp³-hybridized carbons (Fsp3) is 0.250. The minimum Gasteiger partial charge on any atom is -0.351 e. The van der Waals surface area contributed by atoms with Gasteiger partial charge in [-0.2, -0.15) is 0 Å². The largest absolute Gasteiger partial charge is 0.351 e. The Balaban J connectivity index is 2.91. The van der Waals surface area contributed by atoms with Gasteiger partial charge in [-0.25, -0.2) is 9.78 Å². The molecule has 0 aromatic carbocycles. The van der Waals surface area contributed by atoms with Gasteiger partial charge in [0.1, 0.15) is 6.54 Å². The normalized spacial score (nSPS) is 9.88. The Labute approximate surface area is 104 Å². The molecule has 7 nitrogen and oxygen atoms in total. The van der Waals surface area contributed by atoms with Crippen LogP contribution in [0.2, 0.25) is 0 Å². The molecule has 0 saturated carbocycles. The van der Waals surface area contributed by atoms with E-state index < -0.39 is 11.9 Å². The first kappa shape index (κ1) is 12.6. The number of nitrogens with two attached hydrogens (primary N) is 1. The lowest BCUT2D eigenvalue weighted by Gasteiger charge is -2.05. The van der Waals surface area contributed by atoms with Crippen LogP contribution in [0, 0.1) is 10.5 Å². The van der Waals surface area contributed by atoms with E-state index in [1.165, 1.54) is 6.33 Å². The zero-order valence-corrected chi connectivity index (χ0v) is 10.5. The van der Waals surface area contributed by atoms with Crippen molar-refractivity contribution in [1.82, 2.24) is 14.9 Å².